The molecule has 0 aromatic carbocycles. The number of nitrogens with one attached hydrogen (secondary N) is 1. The predicted molar refractivity (Wildman–Crippen MR) is 73.3 cm³/mol. The number of aliphatic hydroxyl groups excluding tert-OH is 1. The van der Waals surface area contributed by atoms with E-state index in [-0.39, 0.29) is 22.7 Å². The predicted octanol–water partition coefficient (Wildman–Crippen LogP) is 2.05. The number of anilines is 1. The Morgan fingerprint density at radius 1 is 1.44 bits per heavy atom. The van der Waals surface area contributed by atoms with Gasteiger partial charge in [0.05, 0.1) is 24.0 Å². The van der Waals surface area contributed by atoms with Gasteiger partial charge in [-0.05, 0) is 34.1 Å². The standard InChI is InChI=1S/C12H20ClN3O2/c1-7(2)16-12(18)11(13)10(6-14-16)15-8(3)5-9(4)17/h6-9,15,17H,5H2,1-4H3. The lowest BCUT2D eigenvalue weighted by Gasteiger charge is -2.18. The Morgan fingerprint density at radius 3 is 2.56 bits per heavy atom. The highest BCUT2D eigenvalue weighted by molar-refractivity contribution is 6.32. The van der Waals surface area contributed by atoms with Crippen LogP contribution < -0.4 is 10.9 Å². The van der Waals surface area contributed by atoms with E-state index in [0.717, 1.165) is 0 Å². The maximum Gasteiger partial charge on any atom is 0.287 e. The molecule has 2 N–H and O–H groups in total. The van der Waals surface area contributed by atoms with Crippen LogP contribution in [-0.4, -0.2) is 27.0 Å². The van der Waals surface area contributed by atoms with Crippen molar-refractivity contribution in [2.24, 2.45) is 0 Å². The number of halogens is 1. The second kappa shape index (κ2) is 6.20. The van der Waals surface area contributed by atoms with Gasteiger partial charge in [-0.25, -0.2) is 4.68 Å². The fourth-order valence-electron chi connectivity index (χ4n) is 1.75. The van der Waals surface area contributed by atoms with Gasteiger partial charge in [0.1, 0.15) is 5.02 Å². The molecule has 0 saturated carbocycles. The number of aromatic nitrogens is 2. The second-order valence-electron chi connectivity index (χ2n) is 4.85. The molecular weight excluding hydrogens is 254 g/mol. The first-order chi connectivity index (χ1) is 8.32. The molecule has 102 valence electrons. The molecule has 1 rings (SSSR count). The van der Waals surface area contributed by atoms with Crippen molar-refractivity contribution in [2.75, 3.05) is 5.32 Å². The van der Waals surface area contributed by atoms with Crippen LogP contribution in [-0.2, 0) is 0 Å². The van der Waals surface area contributed by atoms with Crippen LogP contribution in [0.1, 0.15) is 40.2 Å². The van der Waals surface area contributed by atoms with Crippen LogP contribution in [0.5, 0.6) is 0 Å². The highest BCUT2D eigenvalue weighted by Crippen LogP contribution is 2.18. The fourth-order valence-corrected chi connectivity index (χ4v) is 1.94. The van der Waals surface area contributed by atoms with Gasteiger partial charge >= 0.3 is 0 Å². The molecular formula is C12H20ClN3O2. The molecule has 0 amide bonds. The number of hydrogen-bond donors (Lipinski definition) is 2. The van der Waals surface area contributed by atoms with Gasteiger partial charge in [0, 0.05) is 6.04 Å². The zero-order valence-electron chi connectivity index (χ0n) is 11.1. The van der Waals surface area contributed by atoms with E-state index in [1.807, 2.05) is 20.8 Å². The summed E-state index contributed by atoms with van der Waals surface area (Å²) < 4.78 is 1.34. The van der Waals surface area contributed by atoms with Crippen LogP contribution in [0.15, 0.2) is 11.0 Å². The van der Waals surface area contributed by atoms with Crippen molar-refractivity contribution in [3.05, 3.63) is 21.6 Å². The van der Waals surface area contributed by atoms with Crippen molar-refractivity contribution in [3.8, 4) is 0 Å². The number of hydrogen-bond acceptors (Lipinski definition) is 4. The third kappa shape index (κ3) is 3.71. The molecule has 1 heterocycles. The maximum atomic E-state index is 11.9. The third-order valence-corrected chi connectivity index (χ3v) is 2.89. The molecule has 0 radical (unpaired) electrons. The molecule has 0 aliphatic heterocycles. The van der Waals surface area contributed by atoms with E-state index in [0.29, 0.717) is 12.1 Å². The first-order valence-corrected chi connectivity index (χ1v) is 6.42. The molecule has 2 unspecified atom stereocenters. The average Bonchev–Trinajstić information content (AvgIpc) is 2.23. The van der Waals surface area contributed by atoms with Gasteiger partial charge in [0.2, 0.25) is 0 Å². The van der Waals surface area contributed by atoms with Gasteiger partial charge in [-0.2, -0.15) is 5.10 Å². The van der Waals surface area contributed by atoms with Gasteiger partial charge in [0.15, 0.2) is 0 Å². The van der Waals surface area contributed by atoms with E-state index in [9.17, 15) is 9.90 Å². The molecule has 5 nitrogen and oxygen atoms in total. The minimum atomic E-state index is -0.407. The average molecular weight is 274 g/mol. The van der Waals surface area contributed by atoms with Crippen molar-refractivity contribution >= 4 is 17.3 Å². The van der Waals surface area contributed by atoms with Crippen LogP contribution in [0, 0.1) is 0 Å². The largest absolute Gasteiger partial charge is 0.393 e. The number of aliphatic hydroxyl groups is 1. The van der Waals surface area contributed by atoms with E-state index in [1.165, 1.54) is 4.68 Å². The number of rotatable bonds is 5. The van der Waals surface area contributed by atoms with Crippen molar-refractivity contribution in [2.45, 2.75) is 52.3 Å². The molecule has 0 bridgehead atoms. The molecule has 0 aliphatic carbocycles. The van der Waals surface area contributed by atoms with Crippen molar-refractivity contribution < 1.29 is 5.11 Å². The summed E-state index contributed by atoms with van der Waals surface area (Å²) >= 11 is 6.02. The Bertz CT molecular complexity index is 457. The monoisotopic (exact) mass is 273 g/mol. The van der Waals surface area contributed by atoms with Gasteiger partial charge < -0.3 is 10.4 Å². The van der Waals surface area contributed by atoms with Crippen molar-refractivity contribution in [1.29, 1.82) is 0 Å². The third-order valence-electron chi connectivity index (χ3n) is 2.53. The smallest absolute Gasteiger partial charge is 0.287 e. The lowest BCUT2D eigenvalue weighted by Crippen LogP contribution is -2.28. The molecule has 1 aromatic rings. The summed E-state index contributed by atoms with van der Waals surface area (Å²) in [5.41, 5.74) is 0.202. The van der Waals surface area contributed by atoms with E-state index >= 15 is 0 Å². The van der Waals surface area contributed by atoms with Crippen LogP contribution >= 0.6 is 11.6 Å². The van der Waals surface area contributed by atoms with Crippen LogP contribution in [0.4, 0.5) is 5.69 Å². The van der Waals surface area contributed by atoms with E-state index in [4.69, 9.17) is 11.6 Å². The first-order valence-electron chi connectivity index (χ1n) is 6.04. The summed E-state index contributed by atoms with van der Waals surface area (Å²) in [6.07, 6.45) is 1.71. The Morgan fingerprint density at radius 2 is 2.06 bits per heavy atom. The Hall–Kier alpha value is -1.07. The molecule has 1 aromatic heterocycles. The zero-order chi connectivity index (χ0) is 13.9. The molecule has 0 aliphatic rings. The lowest BCUT2D eigenvalue weighted by molar-refractivity contribution is 0.179. The highest BCUT2D eigenvalue weighted by atomic mass is 35.5. The minimum absolute atomic E-state index is 0.0126. The van der Waals surface area contributed by atoms with Gasteiger partial charge in [0.25, 0.3) is 5.56 Å². The number of nitrogens with zero attached hydrogens (tertiary/aromatic N) is 2. The summed E-state index contributed by atoms with van der Waals surface area (Å²) in [5, 5.41) is 16.6. The summed E-state index contributed by atoms with van der Waals surface area (Å²) in [5.74, 6) is 0. The second-order valence-corrected chi connectivity index (χ2v) is 5.22. The maximum absolute atomic E-state index is 11.9. The Labute approximate surface area is 112 Å². The summed E-state index contributed by atoms with van der Waals surface area (Å²) in [4.78, 5) is 11.9. The van der Waals surface area contributed by atoms with E-state index < -0.39 is 6.10 Å². The molecule has 0 fully saturated rings. The van der Waals surface area contributed by atoms with Crippen molar-refractivity contribution in [1.82, 2.24) is 9.78 Å². The van der Waals surface area contributed by atoms with E-state index in [2.05, 4.69) is 10.4 Å². The molecule has 0 spiro atoms. The zero-order valence-corrected chi connectivity index (χ0v) is 11.9. The van der Waals surface area contributed by atoms with Crippen LogP contribution in [0.3, 0.4) is 0 Å². The SMILES string of the molecule is CC(O)CC(C)Nc1cnn(C(C)C)c(=O)c1Cl. The molecule has 6 heteroatoms. The first kappa shape index (κ1) is 15.0. The van der Waals surface area contributed by atoms with E-state index in [1.54, 1.807) is 13.1 Å². The molecule has 18 heavy (non-hydrogen) atoms. The summed E-state index contributed by atoms with van der Waals surface area (Å²) in [7, 11) is 0. The normalized spacial score (nSPS) is 14.6. The van der Waals surface area contributed by atoms with Crippen molar-refractivity contribution in [3.63, 3.8) is 0 Å². The highest BCUT2D eigenvalue weighted by Gasteiger charge is 2.13. The lowest BCUT2D eigenvalue weighted by atomic mass is 10.1. The summed E-state index contributed by atoms with van der Waals surface area (Å²) in [6.45, 7) is 7.37. The fraction of sp³-hybridized carbons (Fsp3) is 0.667. The summed E-state index contributed by atoms with van der Waals surface area (Å²) in [6, 6.07) is -0.0162. The van der Waals surface area contributed by atoms with Gasteiger partial charge in [-0.15, -0.1) is 0 Å². The van der Waals surface area contributed by atoms with Gasteiger partial charge in [-0.1, -0.05) is 11.6 Å². The molecule has 2 atom stereocenters. The van der Waals surface area contributed by atoms with Gasteiger partial charge in [-0.3, -0.25) is 4.79 Å². The van der Waals surface area contributed by atoms with Crippen LogP contribution in [0.2, 0.25) is 5.02 Å². The Balaban J connectivity index is 2.92. The quantitative estimate of drug-likeness (QED) is 0.862. The van der Waals surface area contributed by atoms with Crippen LogP contribution in [0.25, 0.3) is 0 Å². The topological polar surface area (TPSA) is 67.2 Å². The molecule has 0 saturated heterocycles. The minimum Gasteiger partial charge on any atom is -0.393 e. The Kier molecular flexibility index (Phi) is 5.16.